The summed E-state index contributed by atoms with van der Waals surface area (Å²) in [6, 6.07) is 12.3. The van der Waals surface area contributed by atoms with Crippen LogP contribution in [-0.2, 0) is 16.1 Å². The van der Waals surface area contributed by atoms with Crippen molar-refractivity contribution in [3.63, 3.8) is 0 Å². The summed E-state index contributed by atoms with van der Waals surface area (Å²) in [5.41, 5.74) is 0.946. The van der Waals surface area contributed by atoms with E-state index < -0.39 is 0 Å². The Labute approximate surface area is 158 Å². The quantitative estimate of drug-likeness (QED) is 0.783. The molecule has 7 heteroatoms. The first-order valence-corrected chi connectivity index (χ1v) is 9.00. The third-order valence-electron chi connectivity index (χ3n) is 4.63. The van der Waals surface area contributed by atoms with Crippen LogP contribution in [0.4, 0.5) is 5.69 Å². The predicted molar refractivity (Wildman–Crippen MR) is 99.6 cm³/mol. The lowest BCUT2D eigenvalue weighted by Crippen LogP contribution is -2.43. The van der Waals surface area contributed by atoms with Crippen LogP contribution in [0.2, 0.25) is 0 Å². The number of nitrogens with one attached hydrogen (secondary N) is 2. The van der Waals surface area contributed by atoms with Crippen molar-refractivity contribution in [1.29, 1.82) is 5.26 Å². The van der Waals surface area contributed by atoms with Gasteiger partial charge >= 0.3 is 0 Å². The molecule has 1 fully saturated rings. The van der Waals surface area contributed by atoms with E-state index in [0.717, 1.165) is 19.4 Å². The molecule has 1 saturated heterocycles. The number of anilines is 1. The first-order chi connectivity index (χ1) is 13.2. The van der Waals surface area contributed by atoms with Gasteiger partial charge in [0, 0.05) is 13.0 Å². The van der Waals surface area contributed by atoms with Gasteiger partial charge in [0.05, 0.1) is 30.1 Å². The summed E-state index contributed by atoms with van der Waals surface area (Å²) in [6.07, 6.45) is 3.55. The van der Waals surface area contributed by atoms with Gasteiger partial charge in [-0.1, -0.05) is 12.1 Å². The van der Waals surface area contributed by atoms with Crippen molar-refractivity contribution in [3.8, 4) is 6.07 Å². The van der Waals surface area contributed by atoms with Crippen molar-refractivity contribution in [1.82, 2.24) is 10.2 Å². The standard InChI is InChI=1S/C20H22N4O3/c21-13-15-5-1-2-7-17(15)23-19(25)9-11-24-10-3-8-18(24)20(26)22-14-16-6-4-12-27-16/h1-2,4-7,12,18H,3,8-11,14H2,(H,22,26)(H,23,25). The Morgan fingerprint density at radius 3 is 2.89 bits per heavy atom. The van der Waals surface area contributed by atoms with Gasteiger partial charge in [-0.2, -0.15) is 5.26 Å². The number of nitriles is 1. The molecule has 140 valence electrons. The van der Waals surface area contributed by atoms with Gasteiger partial charge in [0.2, 0.25) is 11.8 Å². The summed E-state index contributed by atoms with van der Waals surface area (Å²) in [5, 5.41) is 14.7. The molecule has 0 bridgehead atoms. The van der Waals surface area contributed by atoms with Gasteiger partial charge in [-0.25, -0.2) is 0 Å². The van der Waals surface area contributed by atoms with E-state index in [4.69, 9.17) is 9.68 Å². The van der Waals surface area contributed by atoms with Crippen LogP contribution in [0.15, 0.2) is 47.1 Å². The smallest absolute Gasteiger partial charge is 0.237 e. The molecule has 0 saturated carbocycles. The number of likely N-dealkylation sites (tertiary alicyclic amines) is 1. The summed E-state index contributed by atoms with van der Waals surface area (Å²) in [6.45, 7) is 1.65. The SMILES string of the molecule is N#Cc1ccccc1NC(=O)CCN1CCCC1C(=O)NCc1ccco1. The number of furan rings is 1. The first kappa shape index (κ1) is 18.7. The Kier molecular flexibility index (Phi) is 6.23. The van der Waals surface area contributed by atoms with Crippen molar-refractivity contribution in [2.45, 2.75) is 31.8 Å². The summed E-state index contributed by atoms with van der Waals surface area (Å²) >= 11 is 0. The highest BCUT2D eigenvalue weighted by molar-refractivity contribution is 5.92. The van der Waals surface area contributed by atoms with Crippen molar-refractivity contribution < 1.29 is 14.0 Å². The largest absolute Gasteiger partial charge is 0.467 e. The second-order valence-electron chi connectivity index (χ2n) is 6.45. The highest BCUT2D eigenvalue weighted by atomic mass is 16.3. The van der Waals surface area contributed by atoms with Crippen LogP contribution >= 0.6 is 0 Å². The molecular weight excluding hydrogens is 344 g/mol. The topological polar surface area (TPSA) is 98.4 Å². The third kappa shape index (κ3) is 4.96. The number of amides is 2. The summed E-state index contributed by atoms with van der Waals surface area (Å²) in [5.74, 6) is 0.502. The lowest BCUT2D eigenvalue weighted by atomic mass is 10.2. The maximum Gasteiger partial charge on any atom is 0.237 e. The second kappa shape index (κ2) is 9.01. The van der Waals surface area contributed by atoms with E-state index in [1.807, 2.05) is 11.0 Å². The van der Waals surface area contributed by atoms with Crippen LogP contribution in [0.1, 0.15) is 30.6 Å². The van der Waals surface area contributed by atoms with Crippen molar-refractivity contribution >= 4 is 17.5 Å². The molecule has 1 aromatic carbocycles. The fourth-order valence-electron chi connectivity index (χ4n) is 3.24. The van der Waals surface area contributed by atoms with Crippen LogP contribution < -0.4 is 10.6 Å². The van der Waals surface area contributed by atoms with E-state index in [1.165, 1.54) is 0 Å². The monoisotopic (exact) mass is 366 g/mol. The third-order valence-corrected chi connectivity index (χ3v) is 4.63. The number of benzene rings is 1. The zero-order chi connectivity index (χ0) is 19.1. The second-order valence-corrected chi connectivity index (χ2v) is 6.45. The summed E-state index contributed by atoms with van der Waals surface area (Å²) < 4.78 is 5.22. The molecule has 2 aromatic rings. The number of carbonyl (C=O) groups excluding carboxylic acids is 2. The molecule has 1 aliphatic heterocycles. The molecule has 0 spiro atoms. The predicted octanol–water partition coefficient (Wildman–Crippen LogP) is 2.26. The average Bonchev–Trinajstić information content (AvgIpc) is 3.36. The van der Waals surface area contributed by atoms with Crippen molar-refractivity contribution in [2.24, 2.45) is 0 Å². The number of para-hydroxylation sites is 1. The Hall–Kier alpha value is -3.11. The molecule has 2 amide bonds. The number of carbonyl (C=O) groups is 2. The highest BCUT2D eigenvalue weighted by Gasteiger charge is 2.30. The Bertz CT molecular complexity index is 826. The van der Waals surface area contributed by atoms with E-state index in [1.54, 1.807) is 36.6 Å². The minimum absolute atomic E-state index is 0.0425. The van der Waals surface area contributed by atoms with Gasteiger partial charge < -0.3 is 15.1 Å². The molecule has 1 aliphatic rings. The van der Waals surface area contributed by atoms with E-state index in [9.17, 15) is 9.59 Å². The van der Waals surface area contributed by atoms with Gasteiger partial charge in [0.1, 0.15) is 11.8 Å². The molecule has 3 rings (SSSR count). The Morgan fingerprint density at radius 2 is 2.11 bits per heavy atom. The number of rotatable bonds is 7. The minimum Gasteiger partial charge on any atom is -0.467 e. The summed E-state index contributed by atoms with van der Waals surface area (Å²) in [4.78, 5) is 26.7. The van der Waals surface area contributed by atoms with Crippen LogP contribution in [0.25, 0.3) is 0 Å². The van der Waals surface area contributed by atoms with Gasteiger partial charge in [-0.05, 0) is 43.7 Å². The van der Waals surface area contributed by atoms with Crippen LogP contribution in [-0.4, -0.2) is 35.8 Å². The van der Waals surface area contributed by atoms with Gasteiger partial charge in [0.15, 0.2) is 0 Å². The fraction of sp³-hybridized carbons (Fsp3) is 0.350. The maximum absolute atomic E-state index is 12.4. The van der Waals surface area contributed by atoms with Gasteiger partial charge in [0.25, 0.3) is 0 Å². The molecule has 7 nitrogen and oxygen atoms in total. The van der Waals surface area contributed by atoms with E-state index in [-0.39, 0.29) is 24.3 Å². The summed E-state index contributed by atoms with van der Waals surface area (Å²) in [7, 11) is 0. The molecule has 1 atom stereocenters. The maximum atomic E-state index is 12.4. The van der Waals surface area contributed by atoms with Crippen LogP contribution in [0.3, 0.4) is 0 Å². The van der Waals surface area contributed by atoms with E-state index >= 15 is 0 Å². The highest BCUT2D eigenvalue weighted by Crippen LogP contribution is 2.19. The average molecular weight is 366 g/mol. The normalized spacial score (nSPS) is 16.6. The molecular formula is C20H22N4O3. The Morgan fingerprint density at radius 1 is 1.26 bits per heavy atom. The fourth-order valence-corrected chi connectivity index (χ4v) is 3.24. The lowest BCUT2D eigenvalue weighted by Gasteiger charge is -2.23. The van der Waals surface area contributed by atoms with Crippen LogP contribution in [0, 0.1) is 11.3 Å². The van der Waals surface area contributed by atoms with Crippen molar-refractivity contribution in [2.75, 3.05) is 18.4 Å². The van der Waals surface area contributed by atoms with E-state index in [0.29, 0.717) is 30.1 Å². The Balaban J connectivity index is 1.48. The minimum atomic E-state index is -0.223. The van der Waals surface area contributed by atoms with Gasteiger partial charge in [-0.15, -0.1) is 0 Å². The molecule has 2 N–H and O–H groups in total. The van der Waals surface area contributed by atoms with Crippen molar-refractivity contribution in [3.05, 3.63) is 54.0 Å². The molecule has 1 aromatic heterocycles. The number of hydrogen-bond acceptors (Lipinski definition) is 5. The van der Waals surface area contributed by atoms with Gasteiger partial charge in [-0.3, -0.25) is 14.5 Å². The first-order valence-electron chi connectivity index (χ1n) is 9.00. The number of nitrogens with zero attached hydrogens (tertiary/aromatic N) is 2. The lowest BCUT2D eigenvalue weighted by molar-refractivity contribution is -0.126. The number of hydrogen-bond donors (Lipinski definition) is 2. The van der Waals surface area contributed by atoms with E-state index in [2.05, 4.69) is 16.7 Å². The zero-order valence-electron chi connectivity index (χ0n) is 15.0. The molecule has 1 unspecified atom stereocenters. The van der Waals surface area contributed by atoms with Crippen LogP contribution in [0.5, 0.6) is 0 Å². The molecule has 0 aliphatic carbocycles. The molecule has 0 radical (unpaired) electrons. The molecule has 27 heavy (non-hydrogen) atoms. The zero-order valence-corrected chi connectivity index (χ0v) is 15.0. The molecule has 2 heterocycles.